The molecule has 1 saturated heterocycles. The fourth-order valence-electron chi connectivity index (χ4n) is 4.24. The molecular weight excluding hydrogens is 390 g/mol. The molecule has 1 aromatic heterocycles. The highest BCUT2D eigenvalue weighted by Crippen LogP contribution is 2.43. The van der Waals surface area contributed by atoms with Crippen LogP contribution in [0.25, 0.3) is 16.7 Å². The van der Waals surface area contributed by atoms with Crippen molar-refractivity contribution in [3.8, 4) is 0 Å². The van der Waals surface area contributed by atoms with Crippen LogP contribution < -0.4 is 0 Å². The molecule has 6 heteroatoms. The molecule has 31 heavy (non-hydrogen) atoms. The van der Waals surface area contributed by atoms with Crippen molar-refractivity contribution in [3.63, 3.8) is 0 Å². The summed E-state index contributed by atoms with van der Waals surface area (Å²) < 4.78 is 0. The lowest BCUT2D eigenvalue weighted by molar-refractivity contribution is -0.140. The smallest absolute Gasteiger partial charge is 0.295 e. The number of carbonyl (C=O) groups is 2. The molecular formula is C25H27N3O3. The van der Waals surface area contributed by atoms with Gasteiger partial charge in [0.2, 0.25) is 0 Å². The molecule has 0 spiro atoms. The number of fused-ring (bicyclic) bond motifs is 1. The lowest BCUT2D eigenvalue weighted by atomic mass is 9.93. The maximum absolute atomic E-state index is 13.2. The SMILES string of the molecule is Cc1ccc(/C(O)=C2\C(=O)C(=O)N(CCN(C)C)C2c2c(C)[nH]c3ccccc23)cc1. The van der Waals surface area contributed by atoms with Crippen LogP contribution in [-0.4, -0.2) is 58.8 Å². The van der Waals surface area contributed by atoms with Gasteiger partial charge in [-0.1, -0.05) is 48.0 Å². The predicted molar refractivity (Wildman–Crippen MR) is 122 cm³/mol. The number of H-pyrrole nitrogens is 1. The Morgan fingerprint density at radius 3 is 2.42 bits per heavy atom. The van der Waals surface area contributed by atoms with Crippen LogP contribution in [0.1, 0.15) is 28.4 Å². The number of hydrogen-bond donors (Lipinski definition) is 2. The van der Waals surface area contributed by atoms with Gasteiger partial charge in [0, 0.05) is 40.8 Å². The van der Waals surface area contributed by atoms with Crippen LogP contribution in [0, 0.1) is 13.8 Å². The summed E-state index contributed by atoms with van der Waals surface area (Å²) in [7, 11) is 3.85. The van der Waals surface area contributed by atoms with Crippen molar-refractivity contribution >= 4 is 28.4 Å². The number of likely N-dealkylation sites (tertiary alicyclic amines) is 1. The number of hydrogen-bond acceptors (Lipinski definition) is 4. The van der Waals surface area contributed by atoms with Crippen molar-refractivity contribution in [2.75, 3.05) is 27.2 Å². The minimum Gasteiger partial charge on any atom is -0.507 e. The van der Waals surface area contributed by atoms with E-state index in [0.29, 0.717) is 18.7 Å². The second-order valence-corrected chi connectivity index (χ2v) is 8.37. The average Bonchev–Trinajstić information content (AvgIpc) is 3.19. The molecule has 0 saturated carbocycles. The summed E-state index contributed by atoms with van der Waals surface area (Å²) in [5.74, 6) is -1.36. The van der Waals surface area contributed by atoms with Gasteiger partial charge in [-0.2, -0.15) is 0 Å². The predicted octanol–water partition coefficient (Wildman–Crippen LogP) is 3.77. The molecule has 160 valence electrons. The number of nitrogens with zero attached hydrogens (tertiary/aromatic N) is 2. The molecule has 0 bridgehead atoms. The zero-order chi connectivity index (χ0) is 22.3. The van der Waals surface area contributed by atoms with Gasteiger partial charge in [-0.05, 0) is 34.0 Å². The van der Waals surface area contributed by atoms with Crippen LogP contribution in [-0.2, 0) is 9.59 Å². The Kier molecular flexibility index (Phi) is 5.41. The largest absolute Gasteiger partial charge is 0.507 e. The maximum atomic E-state index is 13.2. The van der Waals surface area contributed by atoms with E-state index in [2.05, 4.69) is 4.98 Å². The number of aliphatic hydroxyl groups is 1. The fraction of sp³-hybridized carbons (Fsp3) is 0.280. The van der Waals surface area contributed by atoms with Crippen LogP contribution in [0.15, 0.2) is 54.1 Å². The topological polar surface area (TPSA) is 76.6 Å². The van der Waals surface area contributed by atoms with Gasteiger partial charge in [-0.25, -0.2) is 0 Å². The summed E-state index contributed by atoms with van der Waals surface area (Å²) in [4.78, 5) is 33.2. The molecule has 0 radical (unpaired) electrons. The number of amides is 1. The molecule has 4 rings (SSSR count). The van der Waals surface area contributed by atoms with E-state index in [0.717, 1.165) is 27.7 Å². The van der Waals surface area contributed by atoms with Gasteiger partial charge in [0.1, 0.15) is 5.76 Å². The van der Waals surface area contributed by atoms with Crippen LogP contribution >= 0.6 is 0 Å². The number of rotatable bonds is 5. The highest BCUT2D eigenvalue weighted by atomic mass is 16.3. The highest BCUT2D eigenvalue weighted by molar-refractivity contribution is 6.46. The van der Waals surface area contributed by atoms with Gasteiger partial charge in [0.25, 0.3) is 11.7 Å². The van der Waals surface area contributed by atoms with Crippen molar-refractivity contribution in [3.05, 3.63) is 76.5 Å². The number of likely N-dealkylation sites (N-methyl/N-ethyl adjacent to an activating group) is 1. The van der Waals surface area contributed by atoms with E-state index < -0.39 is 17.7 Å². The van der Waals surface area contributed by atoms with E-state index >= 15 is 0 Å². The normalized spacial score (nSPS) is 18.5. The highest BCUT2D eigenvalue weighted by Gasteiger charge is 2.47. The van der Waals surface area contributed by atoms with Gasteiger partial charge in [0.15, 0.2) is 0 Å². The maximum Gasteiger partial charge on any atom is 0.295 e. The quantitative estimate of drug-likeness (QED) is 0.376. The first-order chi connectivity index (χ1) is 14.8. The molecule has 2 aromatic carbocycles. The van der Waals surface area contributed by atoms with Crippen molar-refractivity contribution in [2.24, 2.45) is 0 Å². The minimum atomic E-state index is -0.655. The molecule has 1 amide bonds. The molecule has 3 aromatic rings. The van der Waals surface area contributed by atoms with E-state index in [-0.39, 0.29) is 11.3 Å². The third kappa shape index (κ3) is 3.64. The van der Waals surface area contributed by atoms with Gasteiger partial charge < -0.3 is 19.9 Å². The molecule has 1 atom stereocenters. The monoisotopic (exact) mass is 417 g/mol. The number of aryl methyl sites for hydroxylation is 2. The van der Waals surface area contributed by atoms with Crippen molar-refractivity contribution in [1.29, 1.82) is 0 Å². The first kappa shape index (κ1) is 20.9. The first-order valence-electron chi connectivity index (χ1n) is 10.4. The summed E-state index contributed by atoms with van der Waals surface area (Å²) in [6, 6.07) is 14.5. The molecule has 2 N–H and O–H groups in total. The number of aliphatic hydroxyl groups excluding tert-OH is 1. The standard InChI is InChI=1S/C25H27N3O3/c1-15-9-11-17(12-10-15)23(29)21-22(28(14-13-27(3)4)25(31)24(21)30)20-16(2)26-19-8-6-5-7-18(19)20/h5-12,22,26,29H,13-14H2,1-4H3/b23-21+. The summed E-state index contributed by atoms with van der Waals surface area (Å²) in [6.45, 7) is 4.88. The molecule has 1 aliphatic heterocycles. The second kappa shape index (κ2) is 8.04. The molecule has 1 unspecified atom stereocenters. The Bertz CT molecular complexity index is 1190. The van der Waals surface area contributed by atoms with Crippen LogP contribution in [0.5, 0.6) is 0 Å². The lowest BCUT2D eigenvalue weighted by Crippen LogP contribution is -2.35. The zero-order valence-electron chi connectivity index (χ0n) is 18.3. The van der Waals surface area contributed by atoms with Crippen molar-refractivity contribution in [2.45, 2.75) is 19.9 Å². The summed E-state index contributed by atoms with van der Waals surface area (Å²) in [5, 5.41) is 12.1. The number of benzene rings is 2. The number of nitrogens with one attached hydrogen (secondary N) is 1. The van der Waals surface area contributed by atoms with Crippen LogP contribution in [0.2, 0.25) is 0 Å². The van der Waals surface area contributed by atoms with E-state index in [1.807, 2.05) is 69.2 Å². The number of aromatic amines is 1. The lowest BCUT2D eigenvalue weighted by Gasteiger charge is -2.27. The Morgan fingerprint density at radius 2 is 1.74 bits per heavy atom. The number of carbonyl (C=O) groups excluding carboxylic acids is 2. The number of ketones is 1. The Labute approximate surface area is 181 Å². The zero-order valence-corrected chi connectivity index (χ0v) is 18.3. The summed E-state index contributed by atoms with van der Waals surface area (Å²) >= 11 is 0. The summed E-state index contributed by atoms with van der Waals surface area (Å²) in [5.41, 5.74) is 4.37. The molecule has 1 aliphatic rings. The number of aromatic nitrogens is 1. The first-order valence-corrected chi connectivity index (χ1v) is 10.4. The second-order valence-electron chi connectivity index (χ2n) is 8.37. The van der Waals surface area contributed by atoms with Gasteiger partial charge in [-0.15, -0.1) is 0 Å². The molecule has 1 fully saturated rings. The van der Waals surface area contributed by atoms with Gasteiger partial charge >= 0.3 is 0 Å². The van der Waals surface area contributed by atoms with E-state index in [4.69, 9.17) is 0 Å². The third-order valence-corrected chi connectivity index (χ3v) is 5.87. The van der Waals surface area contributed by atoms with Gasteiger partial charge in [0.05, 0.1) is 11.6 Å². The van der Waals surface area contributed by atoms with E-state index in [9.17, 15) is 14.7 Å². The van der Waals surface area contributed by atoms with Crippen LogP contribution in [0.3, 0.4) is 0 Å². The third-order valence-electron chi connectivity index (χ3n) is 5.87. The van der Waals surface area contributed by atoms with E-state index in [1.165, 1.54) is 0 Å². The average molecular weight is 418 g/mol. The van der Waals surface area contributed by atoms with Crippen molar-refractivity contribution < 1.29 is 14.7 Å². The minimum absolute atomic E-state index is 0.139. The summed E-state index contributed by atoms with van der Waals surface area (Å²) in [6.07, 6.45) is 0. The van der Waals surface area contributed by atoms with Gasteiger partial charge in [-0.3, -0.25) is 9.59 Å². The Morgan fingerprint density at radius 1 is 1.06 bits per heavy atom. The van der Waals surface area contributed by atoms with Crippen LogP contribution in [0.4, 0.5) is 0 Å². The molecule has 2 heterocycles. The number of Topliss-reactive ketones (excluding diaryl/α,β-unsaturated/α-hetero) is 1. The Balaban J connectivity index is 1.95. The molecule has 0 aliphatic carbocycles. The van der Waals surface area contributed by atoms with E-state index in [1.54, 1.807) is 17.0 Å². The van der Waals surface area contributed by atoms with Crippen molar-refractivity contribution in [1.82, 2.24) is 14.8 Å². The Hall–Kier alpha value is -3.38. The molecule has 6 nitrogen and oxygen atoms in total. The fourth-order valence-corrected chi connectivity index (χ4v) is 4.24. The number of para-hydroxylation sites is 1.